The van der Waals surface area contributed by atoms with E-state index in [4.69, 9.17) is 9.47 Å². The Kier molecular flexibility index (Phi) is 11.2. The van der Waals surface area contributed by atoms with Gasteiger partial charge < -0.3 is 50.2 Å². The van der Waals surface area contributed by atoms with Crippen LogP contribution in [0.1, 0.15) is 23.2 Å². The first-order valence-electron chi connectivity index (χ1n) is 14.2. The highest BCUT2D eigenvalue weighted by Crippen LogP contribution is 2.36. The van der Waals surface area contributed by atoms with Gasteiger partial charge in [0.2, 0.25) is 0 Å². The largest absolute Gasteiger partial charge is 1.00 e. The molecule has 0 saturated carbocycles. The quantitative estimate of drug-likeness (QED) is 0.210. The average Bonchev–Trinajstić information content (AvgIpc) is 3.71. The third-order valence-electron chi connectivity index (χ3n) is 7.70. The summed E-state index contributed by atoms with van der Waals surface area (Å²) < 4.78 is 54.0. The van der Waals surface area contributed by atoms with Crippen molar-refractivity contribution < 1.29 is 62.9 Å². The highest BCUT2D eigenvalue weighted by atomic mass is 35.5. The Morgan fingerprint density at radius 3 is 1.86 bits per heavy atom. The van der Waals surface area contributed by atoms with E-state index in [1.807, 2.05) is 12.1 Å². The predicted octanol–water partition coefficient (Wildman–Crippen LogP) is -1.87. The van der Waals surface area contributed by atoms with Crippen LogP contribution in [0.25, 0.3) is 22.3 Å². The lowest BCUT2D eigenvalue weighted by atomic mass is 10.0. The molecule has 4 aromatic carbocycles. The maximum absolute atomic E-state index is 14.2. The molecule has 0 aromatic heterocycles. The number of halogens is 5. The van der Waals surface area contributed by atoms with E-state index in [-0.39, 0.29) is 48.7 Å². The molecule has 11 heteroatoms. The molecular formula is C33H32Cl2F3N3O3. The topological polar surface area (TPSA) is 80.8 Å². The molecule has 1 amide bonds. The maximum Gasteiger partial charge on any atom is 0.255 e. The summed E-state index contributed by atoms with van der Waals surface area (Å²) in [5, 5.41) is 7.30. The number of ether oxygens (including phenoxy) is 2. The molecule has 6 rings (SSSR count). The highest BCUT2D eigenvalue weighted by Gasteiger charge is 2.24. The highest BCUT2D eigenvalue weighted by molar-refractivity contribution is 6.05. The Morgan fingerprint density at radius 1 is 0.682 bits per heavy atom. The van der Waals surface area contributed by atoms with Crippen molar-refractivity contribution in [3.63, 3.8) is 0 Å². The van der Waals surface area contributed by atoms with Crippen molar-refractivity contribution in [2.45, 2.75) is 25.0 Å². The van der Waals surface area contributed by atoms with Gasteiger partial charge >= 0.3 is 0 Å². The van der Waals surface area contributed by atoms with Gasteiger partial charge in [0.15, 0.2) is 23.8 Å². The van der Waals surface area contributed by atoms with Crippen LogP contribution in [0.5, 0.6) is 11.5 Å². The normalized spacial score (nSPS) is 17.3. The van der Waals surface area contributed by atoms with Gasteiger partial charge in [0.05, 0.1) is 13.1 Å². The molecule has 2 aliphatic rings. The second-order valence-corrected chi connectivity index (χ2v) is 10.7. The van der Waals surface area contributed by atoms with E-state index in [1.54, 1.807) is 36.4 Å². The molecule has 2 aliphatic heterocycles. The number of nitrogens with two attached hydrogens (primary N) is 2. The van der Waals surface area contributed by atoms with E-state index in [1.165, 1.54) is 18.2 Å². The van der Waals surface area contributed by atoms with Crippen LogP contribution in [-0.4, -0.2) is 44.3 Å². The molecule has 44 heavy (non-hydrogen) atoms. The van der Waals surface area contributed by atoms with Crippen LogP contribution >= 0.6 is 0 Å². The molecule has 2 saturated heterocycles. The number of carbonyl (C=O) groups excluding carboxylic acids is 1. The lowest BCUT2D eigenvalue weighted by Crippen LogP contribution is -3.00. The summed E-state index contributed by atoms with van der Waals surface area (Å²) in [4.78, 5) is 13.5. The fraction of sp³-hybridized carbons (Fsp3) is 0.242. The number of carbonyl (C=O) groups is 1. The van der Waals surface area contributed by atoms with Gasteiger partial charge in [-0.15, -0.1) is 0 Å². The van der Waals surface area contributed by atoms with Crippen molar-refractivity contribution in [1.29, 1.82) is 0 Å². The fourth-order valence-corrected chi connectivity index (χ4v) is 5.46. The van der Waals surface area contributed by atoms with Crippen LogP contribution in [0.3, 0.4) is 0 Å². The molecule has 2 atom stereocenters. The first kappa shape index (κ1) is 33.1. The van der Waals surface area contributed by atoms with E-state index in [0.717, 1.165) is 62.3 Å². The summed E-state index contributed by atoms with van der Waals surface area (Å²) in [5.74, 6) is -1.49. The summed E-state index contributed by atoms with van der Waals surface area (Å²) in [6.45, 7) is 3.61. The first-order chi connectivity index (χ1) is 20.4. The molecule has 232 valence electrons. The standard InChI is InChI=1S/C33H30F3N3O3.2ClH/c34-23-5-1-20(2-6-23)28-17-24(7-10-32(28)42-26-12-14-38-19-26)39-33(40)22-4-9-31(41-25-11-13-37-18-25)27(15-22)21-3-8-29(35)30(36)16-21;;/h1-10,15-17,25-26,37-38H,11-14,18-19H2,(H,39,40);2*1H/t25-,26+;;/m0../s1. The van der Waals surface area contributed by atoms with Crippen LogP contribution in [0.4, 0.5) is 18.9 Å². The van der Waals surface area contributed by atoms with E-state index in [2.05, 4.69) is 16.0 Å². The summed E-state index contributed by atoms with van der Waals surface area (Å²) in [6, 6.07) is 20.2. The SMILES string of the molecule is O=C(Nc1ccc(O[C@@H]2CC[NH2+]C2)c(-c2ccc(F)cc2)c1)c1ccc(O[C@H]2CC[NH2+]C2)c(-c2ccc(F)c(F)c2)c1.[Cl-].[Cl-]. The zero-order valence-corrected chi connectivity index (χ0v) is 25.2. The van der Waals surface area contributed by atoms with Gasteiger partial charge in [-0.3, -0.25) is 4.79 Å². The molecule has 2 fully saturated rings. The van der Waals surface area contributed by atoms with Gasteiger partial charge in [-0.1, -0.05) is 18.2 Å². The number of hydrogen-bond donors (Lipinski definition) is 3. The molecule has 0 aliphatic carbocycles. The number of quaternary nitrogens is 2. The van der Waals surface area contributed by atoms with Crippen molar-refractivity contribution in [2.75, 3.05) is 31.5 Å². The van der Waals surface area contributed by atoms with E-state index in [9.17, 15) is 18.0 Å². The molecule has 5 N–H and O–H groups in total. The maximum atomic E-state index is 14.2. The average molecular weight is 647 g/mol. The van der Waals surface area contributed by atoms with Gasteiger partial charge in [0.25, 0.3) is 5.91 Å². The van der Waals surface area contributed by atoms with Crippen LogP contribution in [0, 0.1) is 17.5 Å². The fourth-order valence-electron chi connectivity index (χ4n) is 5.46. The Bertz CT molecular complexity index is 1600. The molecule has 0 spiro atoms. The van der Waals surface area contributed by atoms with Crippen molar-refractivity contribution in [1.82, 2.24) is 0 Å². The molecule has 2 heterocycles. The third kappa shape index (κ3) is 7.65. The minimum absolute atomic E-state index is 0. The Morgan fingerprint density at radius 2 is 1.27 bits per heavy atom. The number of anilines is 1. The van der Waals surface area contributed by atoms with Gasteiger partial charge in [0.1, 0.15) is 30.4 Å². The van der Waals surface area contributed by atoms with E-state index in [0.29, 0.717) is 33.9 Å². The van der Waals surface area contributed by atoms with Crippen LogP contribution in [0.15, 0.2) is 78.9 Å². The van der Waals surface area contributed by atoms with Gasteiger partial charge in [0, 0.05) is 35.2 Å². The summed E-state index contributed by atoms with van der Waals surface area (Å²) in [6.07, 6.45) is 1.86. The number of amides is 1. The minimum Gasteiger partial charge on any atom is -1.00 e. The lowest BCUT2D eigenvalue weighted by molar-refractivity contribution is -0.638. The summed E-state index contributed by atoms with van der Waals surface area (Å²) in [5.41, 5.74) is 3.25. The van der Waals surface area contributed by atoms with Crippen LogP contribution < -0.4 is 50.2 Å². The predicted molar refractivity (Wildman–Crippen MR) is 153 cm³/mol. The molecule has 4 aromatic rings. The number of hydrogen-bond acceptors (Lipinski definition) is 3. The Balaban J connectivity index is 0.00000221. The number of nitrogens with one attached hydrogen (secondary N) is 1. The van der Waals surface area contributed by atoms with Gasteiger partial charge in [-0.05, 0) is 71.8 Å². The van der Waals surface area contributed by atoms with Crippen LogP contribution in [0.2, 0.25) is 0 Å². The minimum atomic E-state index is -0.978. The first-order valence-corrected chi connectivity index (χ1v) is 14.2. The second kappa shape index (κ2) is 14.8. The lowest BCUT2D eigenvalue weighted by Gasteiger charge is -2.18. The smallest absolute Gasteiger partial charge is 0.255 e. The van der Waals surface area contributed by atoms with Gasteiger partial charge in [-0.2, -0.15) is 0 Å². The number of rotatable bonds is 8. The van der Waals surface area contributed by atoms with E-state index >= 15 is 0 Å². The molecule has 6 nitrogen and oxygen atoms in total. The van der Waals surface area contributed by atoms with Crippen molar-refractivity contribution in [2.24, 2.45) is 0 Å². The molecular weight excluding hydrogens is 614 g/mol. The number of benzene rings is 4. The monoisotopic (exact) mass is 645 g/mol. The van der Waals surface area contributed by atoms with Gasteiger partial charge in [-0.25, -0.2) is 13.2 Å². The molecule has 0 bridgehead atoms. The summed E-state index contributed by atoms with van der Waals surface area (Å²) in [7, 11) is 0. The van der Waals surface area contributed by atoms with Crippen molar-refractivity contribution in [3.05, 3.63) is 102 Å². The van der Waals surface area contributed by atoms with Crippen LogP contribution in [-0.2, 0) is 0 Å². The zero-order chi connectivity index (χ0) is 29.1. The third-order valence-corrected chi connectivity index (χ3v) is 7.70. The molecule has 0 radical (unpaired) electrons. The van der Waals surface area contributed by atoms with Crippen molar-refractivity contribution >= 4 is 11.6 Å². The van der Waals surface area contributed by atoms with E-state index < -0.39 is 11.6 Å². The Hall–Kier alpha value is -3.76. The van der Waals surface area contributed by atoms with Crippen molar-refractivity contribution in [3.8, 4) is 33.8 Å². The second-order valence-electron chi connectivity index (χ2n) is 10.7. The zero-order valence-electron chi connectivity index (χ0n) is 23.7. The Labute approximate surface area is 266 Å². The molecule has 0 unspecified atom stereocenters. The summed E-state index contributed by atoms with van der Waals surface area (Å²) >= 11 is 0.